The van der Waals surface area contributed by atoms with Gasteiger partial charge in [-0.25, -0.2) is 5.48 Å². The highest BCUT2D eigenvalue weighted by Crippen LogP contribution is 2.17. The molecule has 2 N–H and O–H groups in total. The second kappa shape index (κ2) is 7.79. The summed E-state index contributed by atoms with van der Waals surface area (Å²) in [5.74, 6) is -0.536. The van der Waals surface area contributed by atoms with E-state index in [1.165, 1.54) is 16.6 Å². The van der Waals surface area contributed by atoms with Crippen molar-refractivity contribution < 1.29 is 14.7 Å². The number of hydrogen-bond donors (Lipinski definition) is 2. The summed E-state index contributed by atoms with van der Waals surface area (Å²) in [5.41, 5.74) is 4.38. The number of amides is 1. The number of carbonyl (C=O) groups is 1. The van der Waals surface area contributed by atoms with E-state index in [4.69, 9.17) is 9.94 Å². The number of hydrogen-bond acceptors (Lipinski definition) is 4. The van der Waals surface area contributed by atoms with Crippen LogP contribution in [0.5, 0.6) is 0 Å². The summed E-state index contributed by atoms with van der Waals surface area (Å²) >= 11 is 0. The first-order valence-corrected chi connectivity index (χ1v) is 6.74. The molecule has 1 amide bonds. The van der Waals surface area contributed by atoms with Gasteiger partial charge >= 0.3 is 0 Å². The maximum atomic E-state index is 10.7. The second-order valence-electron chi connectivity index (χ2n) is 4.78. The topological polar surface area (TPSA) is 61.8 Å². The molecule has 0 spiro atoms. The molecule has 5 heteroatoms. The molecule has 0 aliphatic carbocycles. The average molecular weight is 276 g/mol. The predicted octanol–water partition coefficient (Wildman–Crippen LogP) is 1.12. The van der Waals surface area contributed by atoms with Crippen molar-refractivity contribution in [2.75, 3.05) is 26.3 Å². The molecule has 1 aromatic rings. The van der Waals surface area contributed by atoms with Crippen LogP contribution >= 0.6 is 0 Å². The number of rotatable bonds is 6. The number of nitrogens with one attached hydrogen (secondary N) is 1. The Balaban J connectivity index is 1.67. The smallest absolute Gasteiger partial charge is 0.269 e. The Labute approximate surface area is 118 Å². The van der Waals surface area contributed by atoms with Gasteiger partial charge in [0.1, 0.15) is 6.61 Å². The van der Waals surface area contributed by atoms with Gasteiger partial charge in [-0.1, -0.05) is 36.4 Å². The molecule has 0 fully saturated rings. The number of nitrogens with zero attached hydrogens (tertiary/aromatic N) is 1. The number of benzene rings is 1. The number of carbonyl (C=O) groups excluding carboxylic acids is 1. The van der Waals surface area contributed by atoms with E-state index < -0.39 is 5.91 Å². The van der Waals surface area contributed by atoms with Crippen molar-refractivity contribution in [3.05, 3.63) is 47.5 Å². The Morgan fingerprint density at radius 3 is 2.95 bits per heavy atom. The number of fused-ring (bicyclic) bond motifs is 1. The van der Waals surface area contributed by atoms with Crippen molar-refractivity contribution in [1.82, 2.24) is 10.4 Å². The van der Waals surface area contributed by atoms with Crippen LogP contribution in [0.2, 0.25) is 0 Å². The highest BCUT2D eigenvalue weighted by atomic mass is 16.5. The van der Waals surface area contributed by atoms with Crippen molar-refractivity contribution in [3.8, 4) is 0 Å². The molecule has 1 aromatic carbocycles. The molecule has 0 saturated carbocycles. The molecular weight excluding hydrogens is 256 g/mol. The molecule has 0 radical (unpaired) electrons. The van der Waals surface area contributed by atoms with Gasteiger partial charge in [0.25, 0.3) is 5.91 Å². The molecule has 0 aromatic heterocycles. The Hall–Kier alpha value is -1.69. The van der Waals surface area contributed by atoms with Crippen molar-refractivity contribution in [3.63, 3.8) is 0 Å². The van der Waals surface area contributed by atoms with Crippen LogP contribution in [-0.2, 0) is 22.5 Å². The van der Waals surface area contributed by atoms with Gasteiger partial charge in [-0.3, -0.25) is 14.9 Å². The first-order chi connectivity index (χ1) is 9.79. The van der Waals surface area contributed by atoms with Crippen molar-refractivity contribution in [2.45, 2.75) is 13.0 Å². The van der Waals surface area contributed by atoms with Crippen molar-refractivity contribution in [2.24, 2.45) is 0 Å². The Kier molecular flexibility index (Phi) is 5.73. The van der Waals surface area contributed by atoms with Crippen molar-refractivity contribution in [1.29, 1.82) is 0 Å². The van der Waals surface area contributed by atoms with Gasteiger partial charge in [0.2, 0.25) is 0 Å². The molecule has 0 bridgehead atoms. The zero-order valence-electron chi connectivity index (χ0n) is 11.4. The van der Waals surface area contributed by atoms with Gasteiger partial charge in [-0.15, -0.1) is 0 Å². The van der Waals surface area contributed by atoms with E-state index in [9.17, 15) is 4.79 Å². The molecule has 0 saturated heterocycles. The lowest BCUT2D eigenvalue weighted by molar-refractivity contribution is -0.133. The third-order valence-corrected chi connectivity index (χ3v) is 3.31. The minimum atomic E-state index is -0.536. The molecule has 5 nitrogen and oxygen atoms in total. The van der Waals surface area contributed by atoms with Crippen LogP contribution in [0.4, 0.5) is 0 Å². The summed E-state index contributed by atoms with van der Waals surface area (Å²) in [5, 5.41) is 8.28. The molecule has 2 rings (SSSR count). The van der Waals surface area contributed by atoms with Gasteiger partial charge < -0.3 is 4.74 Å². The monoisotopic (exact) mass is 276 g/mol. The molecule has 20 heavy (non-hydrogen) atoms. The van der Waals surface area contributed by atoms with E-state index in [1.54, 1.807) is 0 Å². The van der Waals surface area contributed by atoms with Crippen LogP contribution < -0.4 is 5.48 Å². The van der Waals surface area contributed by atoms with E-state index in [1.807, 2.05) is 12.2 Å². The molecule has 1 aliphatic rings. The van der Waals surface area contributed by atoms with Gasteiger partial charge in [-0.05, 0) is 17.5 Å². The minimum Gasteiger partial charge on any atom is -0.368 e. The number of hydroxylamine groups is 1. The largest absolute Gasteiger partial charge is 0.368 e. The normalized spacial score (nSPS) is 15.2. The van der Waals surface area contributed by atoms with E-state index in [0.29, 0.717) is 6.61 Å². The molecule has 0 atom stereocenters. The molecule has 108 valence electrons. The second-order valence-corrected chi connectivity index (χ2v) is 4.78. The van der Waals surface area contributed by atoms with Gasteiger partial charge in [-0.2, -0.15) is 0 Å². The minimum absolute atomic E-state index is 0.127. The Morgan fingerprint density at radius 1 is 1.35 bits per heavy atom. The lowest BCUT2D eigenvalue weighted by Gasteiger charge is -2.27. The summed E-state index contributed by atoms with van der Waals surface area (Å²) in [6, 6.07) is 8.55. The van der Waals surface area contributed by atoms with E-state index in [-0.39, 0.29) is 6.61 Å². The van der Waals surface area contributed by atoms with Crippen LogP contribution in [0, 0.1) is 0 Å². The molecular formula is C15H20N2O3. The first-order valence-electron chi connectivity index (χ1n) is 6.74. The quantitative estimate of drug-likeness (QED) is 0.354. The molecule has 1 aliphatic heterocycles. The molecule has 0 unspecified atom stereocenters. The van der Waals surface area contributed by atoms with E-state index >= 15 is 0 Å². The summed E-state index contributed by atoms with van der Waals surface area (Å²) in [4.78, 5) is 13.1. The van der Waals surface area contributed by atoms with E-state index in [0.717, 1.165) is 26.1 Å². The summed E-state index contributed by atoms with van der Waals surface area (Å²) in [7, 11) is 0. The fourth-order valence-corrected chi connectivity index (χ4v) is 2.25. The Morgan fingerprint density at radius 2 is 2.15 bits per heavy atom. The van der Waals surface area contributed by atoms with Gasteiger partial charge in [0.05, 0.1) is 6.61 Å². The van der Waals surface area contributed by atoms with Crippen LogP contribution in [0.1, 0.15) is 11.1 Å². The van der Waals surface area contributed by atoms with Crippen LogP contribution in [0.3, 0.4) is 0 Å². The number of ether oxygens (including phenoxy) is 1. The van der Waals surface area contributed by atoms with Gasteiger partial charge in [0.15, 0.2) is 0 Å². The van der Waals surface area contributed by atoms with Gasteiger partial charge in [0, 0.05) is 19.6 Å². The maximum Gasteiger partial charge on any atom is 0.269 e. The zero-order valence-corrected chi connectivity index (χ0v) is 11.4. The van der Waals surface area contributed by atoms with Crippen LogP contribution in [-0.4, -0.2) is 42.3 Å². The fraction of sp³-hybridized carbons (Fsp3) is 0.400. The predicted molar refractivity (Wildman–Crippen MR) is 75.3 cm³/mol. The lowest BCUT2D eigenvalue weighted by atomic mass is 10.00. The summed E-state index contributed by atoms with van der Waals surface area (Å²) in [6.07, 6.45) is 5.03. The maximum absolute atomic E-state index is 10.7. The first kappa shape index (κ1) is 14.7. The van der Waals surface area contributed by atoms with Crippen LogP contribution in [0.25, 0.3) is 0 Å². The summed E-state index contributed by atoms with van der Waals surface area (Å²) < 4.78 is 5.05. The Bertz CT molecular complexity index is 474. The third kappa shape index (κ3) is 4.45. The van der Waals surface area contributed by atoms with Crippen LogP contribution in [0.15, 0.2) is 36.4 Å². The summed E-state index contributed by atoms with van der Waals surface area (Å²) in [6.45, 7) is 3.17. The third-order valence-electron chi connectivity index (χ3n) is 3.31. The SMILES string of the molecule is O=C(COC/C=C\CN1CCc2ccccc2C1)NO. The molecule has 1 heterocycles. The standard InChI is InChI=1S/C15H20N2O3/c18-15(16-19)12-20-10-4-3-8-17-9-7-13-5-1-2-6-14(13)11-17/h1-6,19H,7-12H2,(H,16,18)/b4-3-. The van der Waals surface area contributed by atoms with E-state index in [2.05, 4.69) is 29.2 Å². The average Bonchev–Trinajstić information content (AvgIpc) is 2.50. The lowest BCUT2D eigenvalue weighted by Crippen LogP contribution is -2.30. The highest BCUT2D eigenvalue weighted by molar-refractivity contribution is 5.75. The highest BCUT2D eigenvalue weighted by Gasteiger charge is 2.13. The fourth-order valence-electron chi connectivity index (χ4n) is 2.25. The van der Waals surface area contributed by atoms with Crippen molar-refractivity contribution >= 4 is 5.91 Å². The zero-order chi connectivity index (χ0) is 14.2.